The summed E-state index contributed by atoms with van der Waals surface area (Å²) >= 11 is 0. The Hall–Kier alpha value is -4.63. The zero-order chi connectivity index (χ0) is 30.2. The summed E-state index contributed by atoms with van der Waals surface area (Å²) in [5, 5.41) is 28.1. The quantitative estimate of drug-likeness (QED) is 0.417. The molecule has 1 saturated heterocycles. The predicted molar refractivity (Wildman–Crippen MR) is 154 cm³/mol. The normalized spacial score (nSPS) is 17.2. The van der Waals surface area contributed by atoms with Crippen LogP contribution in [0.25, 0.3) is 11.1 Å². The number of benzene rings is 2. The summed E-state index contributed by atoms with van der Waals surface area (Å²) in [5.74, 6) is 0.0708. The second-order valence-corrected chi connectivity index (χ2v) is 11.4. The molecule has 1 fully saturated rings. The molecule has 12 heteroatoms. The summed E-state index contributed by atoms with van der Waals surface area (Å²) in [4.78, 5) is 43.6. The van der Waals surface area contributed by atoms with E-state index in [1.807, 2.05) is 31.2 Å². The van der Waals surface area contributed by atoms with Gasteiger partial charge < -0.3 is 20.0 Å². The van der Waals surface area contributed by atoms with E-state index in [2.05, 4.69) is 32.0 Å². The number of nitriles is 1. The summed E-state index contributed by atoms with van der Waals surface area (Å²) in [6, 6.07) is 12.8. The van der Waals surface area contributed by atoms with E-state index in [4.69, 9.17) is 0 Å². The molecule has 2 heterocycles. The van der Waals surface area contributed by atoms with Crippen LogP contribution >= 0.6 is 0 Å². The SMILES string of the molecule is C[C@@H](CC1(c2nn[nH]n2)c2ccc(C(=O)N(C)C)cc2-c2cc(C(=O)N(C)C)ccc21)NCC(=O)N1CCC[C@H]1C#N. The Morgan fingerprint density at radius 3 is 2.17 bits per heavy atom. The Morgan fingerprint density at radius 1 is 1.07 bits per heavy atom. The lowest BCUT2D eigenvalue weighted by Gasteiger charge is -2.32. The molecule has 218 valence electrons. The van der Waals surface area contributed by atoms with Crippen molar-refractivity contribution in [3.63, 3.8) is 0 Å². The summed E-state index contributed by atoms with van der Waals surface area (Å²) in [5.41, 5.74) is 3.55. The van der Waals surface area contributed by atoms with Crippen LogP contribution in [-0.2, 0) is 10.2 Å². The van der Waals surface area contributed by atoms with Gasteiger partial charge in [-0.2, -0.15) is 10.5 Å². The average molecular weight is 570 g/mol. The van der Waals surface area contributed by atoms with Gasteiger partial charge in [0.25, 0.3) is 11.8 Å². The number of amides is 3. The molecule has 3 aromatic rings. The molecular weight excluding hydrogens is 534 g/mol. The van der Waals surface area contributed by atoms with Crippen LogP contribution in [0, 0.1) is 11.3 Å². The number of hydrogen-bond donors (Lipinski definition) is 2. The number of likely N-dealkylation sites (tertiary alicyclic amines) is 1. The van der Waals surface area contributed by atoms with Crippen LogP contribution < -0.4 is 5.32 Å². The maximum atomic E-state index is 13.0. The third-order valence-electron chi connectivity index (χ3n) is 8.22. The van der Waals surface area contributed by atoms with Crippen molar-refractivity contribution in [1.82, 2.24) is 40.6 Å². The van der Waals surface area contributed by atoms with Gasteiger partial charge in [-0.05, 0) is 72.7 Å². The third-order valence-corrected chi connectivity index (χ3v) is 8.22. The third kappa shape index (κ3) is 4.90. The van der Waals surface area contributed by atoms with E-state index < -0.39 is 5.41 Å². The van der Waals surface area contributed by atoms with Crippen LogP contribution in [0.3, 0.4) is 0 Å². The molecule has 12 nitrogen and oxygen atoms in total. The largest absolute Gasteiger partial charge is 0.345 e. The molecule has 42 heavy (non-hydrogen) atoms. The van der Waals surface area contributed by atoms with E-state index >= 15 is 0 Å². The van der Waals surface area contributed by atoms with E-state index in [1.165, 1.54) is 9.80 Å². The van der Waals surface area contributed by atoms with Gasteiger partial charge in [0.15, 0.2) is 5.82 Å². The first-order valence-electron chi connectivity index (χ1n) is 14.0. The van der Waals surface area contributed by atoms with E-state index in [9.17, 15) is 19.6 Å². The van der Waals surface area contributed by atoms with Crippen molar-refractivity contribution in [2.24, 2.45) is 0 Å². The van der Waals surface area contributed by atoms with Crippen molar-refractivity contribution in [1.29, 1.82) is 5.26 Å². The number of nitrogens with zero attached hydrogens (tertiary/aromatic N) is 7. The molecule has 1 aromatic heterocycles. The molecule has 1 aliphatic heterocycles. The number of rotatable bonds is 8. The fourth-order valence-corrected chi connectivity index (χ4v) is 6.19. The highest BCUT2D eigenvalue weighted by molar-refractivity contribution is 5.99. The predicted octanol–water partition coefficient (Wildman–Crippen LogP) is 1.80. The fourth-order valence-electron chi connectivity index (χ4n) is 6.19. The van der Waals surface area contributed by atoms with Crippen LogP contribution in [0.1, 0.15) is 63.9 Å². The number of hydrogen-bond acceptors (Lipinski definition) is 8. The second kappa shape index (κ2) is 11.3. The Labute approximate surface area is 244 Å². The van der Waals surface area contributed by atoms with E-state index in [1.54, 1.807) is 45.2 Å². The van der Waals surface area contributed by atoms with Gasteiger partial charge in [-0.1, -0.05) is 17.3 Å². The first kappa shape index (κ1) is 28.9. The van der Waals surface area contributed by atoms with Crippen LogP contribution in [0.5, 0.6) is 0 Å². The van der Waals surface area contributed by atoms with Crippen LogP contribution in [0.15, 0.2) is 36.4 Å². The highest BCUT2D eigenvalue weighted by atomic mass is 16.2. The molecule has 5 rings (SSSR count). The van der Waals surface area contributed by atoms with Gasteiger partial charge in [-0.3, -0.25) is 14.4 Å². The fraction of sp³-hybridized carbons (Fsp3) is 0.433. The minimum absolute atomic E-state index is 0.0912. The monoisotopic (exact) mass is 569 g/mol. The lowest BCUT2D eigenvalue weighted by atomic mass is 9.72. The van der Waals surface area contributed by atoms with Crippen molar-refractivity contribution >= 4 is 17.7 Å². The number of carbonyl (C=O) groups is 3. The standard InChI is InChI=1S/C30H35N9O3/c1-18(32-17-26(40)39-12-6-7-21(39)16-31)15-30(29-33-35-36-34-29)24-10-8-19(27(41)37(2)3)13-22(24)23-14-20(9-11-25(23)30)28(42)38(4)5/h8-11,13-14,18,21,32H,6-7,12,15,17H2,1-5H3,(H,33,34,35,36)/t18-,21-/m0/s1. The van der Waals surface area contributed by atoms with Gasteiger partial charge in [0, 0.05) is 51.9 Å². The Kier molecular flexibility index (Phi) is 7.79. The molecule has 3 amide bonds. The van der Waals surface area contributed by atoms with E-state index in [0.717, 1.165) is 28.7 Å². The summed E-state index contributed by atoms with van der Waals surface area (Å²) in [6.45, 7) is 2.67. The van der Waals surface area contributed by atoms with Gasteiger partial charge in [-0.25, -0.2) is 0 Å². The van der Waals surface area contributed by atoms with E-state index in [-0.39, 0.29) is 36.3 Å². The average Bonchev–Trinajstić information content (AvgIpc) is 3.74. The molecule has 2 aromatic carbocycles. The van der Waals surface area contributed by atoms with Crippen LogP contribution in [0.4, 0.5) is 0 Å². The summed E-state index contributed by atoms with van der Waals surface area (Å²) in [6.07, 6.45) is 1.98. The smallest absolute Gasteiger partial charge is 0.253 e. The number of tetrazole rings is 1. The van der Waals surface area contributed by atoms with Crippen LogP contribution in [0.2, 0.25) is 0 Å². The molecule has 0 unspecified atom stereocenters. The van der Waals surface area contributed by atoms with Gasteiger partial charge in [0.05, 0.1) is 18.0 Å². The summed E-state index contributed by atoms with van der Waals surface area (Å²) < 4.78 is 0. The molecule has 2 atom stereocenters. The van der Waals surface area contributed by atoms with Gasteiger partial charge in [-0.15, -0.1) is 10.2 Å². The number of aromatic amines is 1. The van der Waals surface area contributed by atoms with Crippen LogP contribution in [-0.4, -0.2) is 106 Å². The van der Waals surface area contributed by atoms with Crippen molar-refractivity contribution in [3.8, 4) is 17.2 Å². The van der Waals surface area contributed by atoms with Crippen molar-refractivity contribution in [2.45, 2.75) is 43.7 Å². The Bertz CT molecular complexity index is 1490. The van der Waals surface area contributed by atoms with Crippen molar-refractivity contribution in [3.05, 3.63) is 64.5 Å². The minimum Gasteiger partial charge on any atom is -0.345 e. The first-order valence-corrected chi connectivity index (χ1v) is 14.0. The zero-order valence-corrected chi connectivity index (χ0v) is 24.5. The molecular formula is C30H35N9O3. The molecule has 0 spiro atoms. The Balaban J connectivity index is 1.58. The highest BCUT2D eigenvalue weighted by Gasteiger charge is 2.49. The van der Waals surface area contributed by atoms with Crippen molar-refractivity contribution < 1.29 is 14.4 Å². The van der Waals surface area contributed by atoms with Gasteiger partial charge in [0.1, 0.15) is 6.04 Å². The highest BCUT2D eigenvalue weighted by Crippen LogP contribution is 2.54. The molecule has 2 N–H and O–H groups in total. The molecule has 0 radical (unpaired) electrons. The Morgan fingerprint density at radius 2 is 1.67 bits per heavy atom. The number of aromatic nitrogens is 4. The van der Waals surface area contributed by atoms with E-state index in [0.29, 0.717) is 36.3 Å². The topological polar surface area (TPSA) is 151 Å². The molecule has 0 saturated carbocycles. The lowest BCUT2D eigenvalue weighted by molar-refractivity contribution is -0.130. The summed E-state index contributed by atoms with van der Waals surface area (Å²) in [7, 11) is 6.82. The zero-order valence-electron chi connectivity index (χ0n) is 24.5. The minimum atomic E-state index is -0.880. The number of H-pyrrole nitrogens is 1. The first-order chi connectivity index (χ1) is 20.1. The van der Waals surface area contributed by atoms with Crippen molar-refractivity contribution in [2.75, 3.05) is 41.3 Å². The molecule has 1 aliphatic carbocycles. The lowest BCUT2D eigenvalue weighted by Crippen LogP contribution is -2.45. The number of carbonyl (C=O) groups excluding carboxylic acids is 3. The molecule has 0 bridgehead atoms. The van der Waals surface area contributed by atoms with Gasteiger partial charge >= 0.3 is 0 Å². The molecule has 2 aliphatic rings. The second-order valence-electron chi connectivity index (χ2n) is 11.4. The maximum absolute atomic E-state index is 13.0. The number of fused-ring (bicyclic) bond motifs is 3. The van der Waals surface area contributed by atoms with Gasteiger partial charge in [0.2, 0.25) is 5.91 Å². The number of nitrogens with one attached hydrogen (secondary N) is 2. The maximum Gasteiger partial charge on any atom is 0.253 e.